The minimum Gasteiger partial charge on any atom is -0.453 e. The van der Waals surface area contributed by atoms with Crippen LogP contribution in [0.15, 0.2) is 48.7 Å². The highest BCUT2D eigenvalue weighted by molar-refractivity contribution is 7.60. The molecular formula is C43H63N7O5S5. The Balaban J connectivity index is 0.00000248. The van der Waals surface area contributed by atoms with Gasteiger partial charge in [-0.1, -0.05) is 58.6 Å². The third-order valence-corrected chi connectivity index (χ3v) is 11.8. The van der Waals surface area contributed by atoms with Crippen LogP contribution in [0.2, 0.25) is 0 Å². The number of amides is 3. The van der Waals surface area contributed by atoms with Crippen molar-refractivity contribution in [1.29, 1.82) is 0 Å². The fraction of sp³-hybridized carbons (Fsp3) is 0.512. The number of aromatic amines is 2. The number of methoxy groups -OCH3 is 1. The first-order chi connectivity index (χ1) is 26.4. The van der Waals surface area contributed by atoms with Crippen molar-refractivity contribution in [2.45, 2.75) is 84.8 Å². The van der Waals surface area contributed by atoms with Gasteiger partial charge >= 0.3 is 6.09 Å². The molecule has 60 heavy (non-hydrogen) atoms. The van der Waals surface area contributed by atoms with Gasteiger partial charge in [-0.2, -0.15) is 67.5 Å². The first-order valence-electron chi connectivity index (χ1n) is 19.7. The molecule has 3 aliphatic heterocycles. The van der Waals surface area contributed by atoms with Crippen LogP contribution < -0.4 is 5.32 Å². The van der Waals surface area contributed by atoms with E-state index >= 15 is 0 Å². The van der Waals surface area contributed by atoms with Crippen LogP contribution in [0, 0.1) is 35.0 Å². The molecule has 3 fully saturated rings. The highest BCUT2D eigenvalue weighted by Gasteiger charge is 2.49. The number of alkyl carbamates (subject to hydrolysis) is 1. The summed E-state index contributed by atoms with van der Waals surface area (Å²) in [6.45, 7) is 12.8. The molecule has 0 radical (unpaired) electrons. The number of carbonyl (C=O) groups excluding carboxylic acids is 3. The molecule has 1 spiro atoms. The maximum Gasteiger partial charge on any atom is 0.407 e. The summed E-state index contributed by atoms with van der Waals surface area (Å²) < 4.78 is 10.7. The average molecular weight is 918 g/mol. The van der Waals surface area contributed by atoms with Crippen LogP contribution in [-0.4, -0.2) is 87.1 Å². The van der Waals surface area contributed by atoms with Crippen LogP contribution in [0.5, 0.6) is 0 Å². The van der Waals surface area contributed by atoms with E-state index in [9.17, 15) is 14.4 Å². The highest BCUT2D eigenvalue weighted by atomic mass is 32.1. The van der Waals surface area contributed by atoms with Crippen LogP contribution in [-0.2, 0) is 19.1 Å². The smallest absolute Gasteiger partial charge is 0.407 e. The number of imidazole rings is 2. The van der Waals surface area contributed by atoms with Gasteiger partial charge in [0, 0.05) is 42.2 Å². The predicted molar refractivity (Wildman–Crippen MR) is 261 cm³/mol. The predicted octanol–water partition coefficient (Wildman–Crippen LogP) is 7.32. The van der Waals surface area contributed by atoms with Crippen LogP contribution in [0.1, 0.15) is 102 Å². The Morgan fingerprint density at radius 2 is 1.57 bits per heavy atom. The zero-order valence-corrected chi connectivity index (χ0v) is 40.3. The fourth-order valence-corrected chi connectivity index (χ4v) is 8.26. The van der Waals surface area contributed by atoms with Crippen LogP contribution >= 0.6 is 67.5 Å². The Morgan fingerprint density at radius 3 is 2.22 bits per heavy atom. The molecule has 7 rings (SSSR count). The van der Waals surface area contributed by atoms with Gasteiger partial charge in [0.1, 0.15) is 17.7 Å². The number of benzene rings is 2. The van der Waals surface area contributed by atoms with E-state index in [-0.39, 0.29) is 115 Å². The molecular weight excluding hydrogens is 855 g/mol. The van der Waals surface area contributed by atoms with E-state index in [1.165, 1.54) is 7.11 Å². The van der Waals surface area contributed by atoms with E-state index in [1.807, 2.05) is 68.1 Å². The quantitative estimate of drug-likeness (QED) is 0.157. The average Bonchev–Trinajstić information content (AvgIpc) is 4.01. The summed E-state index contributed by atoms with van der Waals surface area (Å²) in [7, 11) is 1.29. The number of hydrogen-bond donors (Lipinski definition) is 3. The monoisotopic (exact) mass is 917 g/mol. The van der Waals surface area contributed by atoms with Crippen molar-refractivity contribution in [3.05, 3.63) is 71.4 Å². The number of nitrogens with zero attached hydrogens (tertiary/aromatic N) is 4. The number of ether oxygens (including phenoxy) is 2. The van der Waals surface area contributed by atoms with Crippen molar-refractivity contribution >= 4 is 96.4 Å². The van der Waals surface area contributed by atoms with Crippen LogP contribution in [0.25, 0.3) is 22.3 Å². The second-order valence-corrected chi connectivity index (χ2v) is 16.3. The van der Waals surface area contributed by atoms with E-state index < -0.39 is 12.1 Å². The summed E-state index contributed by atoms with van der Waals surface area (Å²) in [4.78, 5) is 59.7. The zero-order chi connectivity index (χ0) is 38.9. The van der Waals surface area contributed by atoms with E-state index in [0.717, 1.165) is 83.8 Å². The molecule has 3 amide bonds. The van der Waals surface area contributed by atoms with Gasteiger partial charge in [-0.15, -0.1) is 0 Å². The molecule has 2 aromatic heterocycles. The molecule has 4 aromatic rings. The molecule has 3 N–H and O–H groups in total. The van der Waals surface area contributed by atoms with Crippen molar-refractivity contribution in [3.8, 4) is 23.1 Å². The number of fused-ring (bicyclic) bond motifs is 1. The third kappa shape index (κ3) is 11.3. The summed E-state index contributed by atoms with van der Waals surface area (Å²) >= 11 is 0. The highest BCUT2D eigenvalue weighted by Crippen LogP contribution is 2.48. The summed E-state index contributed by atoms with van der Waals surface area (Å²) in [5, 5.41) is 2.70. The largest absolute Gasteiger partial charge is 0.453 e. The van der Waals surface area contributed by atoms with Gasteiger partial charge in [-0.05, 0) is 79.8 Å². The Kier molecular flexibility index (Phi) is 19.9. The molecule has 12 nitrogen and oxygen atoms in total. The molecule has 0 saturated carbocycles. The van der Waals surface area contributed by atoms with Gasteiger partial charge in [0.25, 0.3) is 0 Å². The van der Waals surface area contributed by atoms with Crippen molar-refractivity contribution in [2.24, 2.45) is 23.2 Å². The molecule has 0 aliphatic carbocycles. The molecule has 0 unspecified atom stereocenters. The van der Waals surface area contributed by atoms with Gasteiger partial charge in [-0.3, -0.25) is 9.59 Å². The maximum absolute atomic E-state index is 13.7. The molecule has 3 saturated heterocycles. The molecule has 3 aliphatic rings. The first-order valence-corrected chi connectivity index (χ1v) is 19.7. The molecule has 0 bridgehead atoms. The van der Waals surface area contributed by atoms with Gasteiger partial charge in [0.05, 0.1) is 48.7 Å². The van der Waals surface area contributed by atoms with Crippen molar-refractivity contribution < 1.29 is 23.9 Å². The number of rotatable bonds is 8. The number of carbonyl (C=O) groups is 3. The molecule has 17 heteroatoms. The van der Waals surface area contributed by atoms with Gasteiger partial charge in [0.15, 0.2) is 0 Å². The lowest BCUT2D eigenvalue weighted by atomic mass is 9.80. The van der Waals surface area contributed by atoms with Crippen molar-refractivity contribution in [2.75, 3.05) is 33.4 Å². The van der Waals surface area contributed by atoms with Gasteiger partial charge < -0.3 is 34.6 Å². The maximum atomic E-state index is 13.7. The number of nitrogens with one attached hydrogen (secondary N) is 3. The summed E-state index contributed by atoms with van der Waals surface area (Å²) in [6, 6.07) is 13.0. The lowest BCUT2D eigenvalue weighted by Gasteiger charge is -2.33. The Morgan fingerprint density at radius 1 is 0.867 bits per heavy atom. The third-order valence-electron chi connectivity index (χ3n) is 11.8. The zero-order valence-electron chi connectivity index (χ0n) is 35.3. The SMILES string of the molecule is COC(=O)N[C@H](C(=O)N1CCC[C@H]1c1ncc(-c2ccc(C#Cc3ccc4nc([C@@H]5C[C@@]6(CCCOC6)CN5C(=O)[C@@H](C)C(C)C)[nH]c4c3)cc2)[nH]1)C(C)C.S.S.S.S.S. The van der Waals surface area contributed by atoms with Crippen molar-refractivity contribution in [1.82, 2.24) is 35.1 Å². The Bertz CT molecular complexity index is 2110. The van der Waals surface area contributed by atoms with Crippen LogP contribution in [0.3, 0.4) is 0 Å². The first kappa shape index (κ1) is 52.7. The number of likely N-dealkylation sites (tertiary alicyclic amines) is 2. The molecule has 5 atom stereocenters. The second-order valence-electron chi connectivity index (χ2n) is 16.3. The molecule has 330 valence electrons. The van der Waals surface area contributed by atoms with E-state index in [1.54, 1.807) is 6.20 Å². The van der Waals surface area contributed by atoms with Gasteiger partial charge in [-0.25, -0.2) is 14.8 Å². The summed E-state index contributed by atoms with van der Waals surface area (Å²) in [6.07, 6.45) is 5.74. The lowest BCUT2D eigenvalue weighted by molar-refractivity contribution is -0.138. The Labute approximate surface area is 389 Å². The second kappa shape index (κ2) is 22.6. The Hall–Kier alpha value is -3.40. The molecule has 2 aromatic carbocycles. The standard InChI is InChI=1S/C43H53N7O5.5H2S/c1-26(2)28(5)40(51)50-24-43(18-8-20-55-25-43)22-36(50)39-45-32-17-14-30(21-33(32)46-39)11-10-29-12-15-31(16-13-29)34-23-44-38(47-34)35-9-7-19-49(35)41(52)37(27(3)4)48-42(53)54-6;;;;;/h12-17,21,23,26-28,35-37H,7-9,18-20,22,24-25H2,1-6H3,(H,44,47)(H,45,46)(H,48,53);5*1H2/t28-,35-,36-,37-,43-;;;;;/m0...../s1. The lowest BCUT2D eigenvalue weighted by Crippen LogP contribution is -2.51. The molecule has 5 heterocycles. The van der Waals surface area contributed by atoms with E-state index in [0.29, 0.717) is 19.7 Å². The van der Waals surface area contributed by atoms with Crippen molar-refractivity contribution in [3.63, 3.8) is 0 Å². The normalized spacial score (nSPS) is 20.4. The van der Waals surface area contributed by atoms with Gasteiger partial charge in [0.2, 0.25) is 11.8 Å². The number of aromatic nitrogens is 4. The summed E-state index contributed by atoms with van der Waals surface area (Å²) in [5.41, 5.74) is 5.29. The van der Waals surface area contributed by atoms with E-state index in [4.69, 9.17) is 14.5 Å². The van der Waals surface area contributed by atoms with Crippen LogP contribution in [0.4, 0.5) is 4.79 Å². The topological polar surface area (TPSA) is 146 Å². The summed E-state index contributed by atoms with van der Waals surface area (Å²) in [5.74, 6) is 8.30. The van der Waals surface area contributed by atoms with E-state index in [2.05, 4.69) is 50.9 Å². The fourth-order valence-electron chi connectivity index (χ4n) is 8.26. The number of H-pyrrole nitrogens is 2. The minimum atomic E-state index is -0.682. The minimum absolute atomic E-state index is 0. The number of hydrogen-bond acceptors (Lipinski definition) is 7.